The molecule has 0 N–H and O–H groups in total. The summed E-state index contributed by atoms with van der Waals surface area (Å²) < 4.78 is 0. The fraction of sp³-hybridized carbons (Fsp3) is 0.778. The summed E-state index contributed by atoms with van der Waals surface area (Å²) in [7, 11) is 0. The molecule has 0 aliphatic heterocycles. The molecule has 1 aliphatic carbocycles. The monoisotopic (exact) mass is 124 g/mol. The topological polar surface area (TPSA) is 0 Å². The molecule has 0 radical (unpaired) electrons. The SMILES string of the molecule is CC(C)C1=CC1C(C)C. The van der Waals surface area contributed by atoms with E-state index in [1.807, 2.05) is 0 Å². The highest BCUT2D eigenvalue weighted by atomic mass is 14.3. The molecule has 0 saturated heterocycles. The molecular weight excluding hydrogens is 108 g/mol. The van der Waals surface area contributed by atoms with Crippen LogP contribution < -0.4 is 0 Å². The molecule has 0 aromatic rings. The Morgan fingerprint density at radius 2 is 1.78 bits per heavy atom. The maximum Gasteiger partial charge on any atom is 0.000553 e. The molecule has 0 saturated carbocycles. The summed E-state index contributed by atoms with van der Waals surface area (Å²) in [6.45, 7) is 9.12. The van der Waals surface area contributed by atoms with Gasteiger partial charge in [0.15, 0.2) is 0 Å². The van der Waals surface area contributed by atoms with Crippen molar-refractivity contribution in [3.05, 3.63) is 11.6 Å². The molecule has 0 aromatic heterocycles. The van der Waals surface area contributed by atoms with E-state index in [-0.39, 0.29) is 0 Å². The average Bonchev–Trinajstić information content (AvgIpc) is 2.39. The van der Waals surface area contributed by atoms with E-state index in [9.17, 15) is 0 Å². The minimum Gasteiger partial charge on any atom is -0.0770 e. The van der Waals surface area contributed by atoms with Crippen molar-refractivity contribution in [1.29, 1.82) is 0 Å². The predicted molar refractivity (Wildman–Crippen MR) is 41.2 cm³/mol. The fourth-order valence-electron chi connectivity index (χ4n) is 1.31. The Morgan fingerprint density at radius 3 is 1.89 bits per heavy atom. The Bertz CT molecular complexity index is 129. The lowest BCUT2D eigenvalue weighted by Crippen LogP contribution is -1.96. The minimum atomic E-state index is 0.789. The van der Waals surface area contributed by atoms with Gasteiger partial charge in [-0.05, 0) is 11.8 Å². The second kappa shape index (κ2) is 2.17. The highest BCUT2D eigenvalue weighted by Crippen LogP contribution is 2.40. The van der Waals surface area contributed by atoms with Crippen molar-refractivity contribution < 1.29 is 0 Å². The lowest BCUT2D eigenvalue weighted by Gasteiger charge is -2.05. The first-order chi connectivity index (χ1) is 4.13. The quantitative estimate of drug-likeness (QED) is 0.496. The highest BCUT2D eigenvalue weighted by Gasteiger charge is 2.28. The lowest BCUT2D eigenvalue weighted by atomic mass is 10.00. The van der Waals surface area contributed by atoms with E-state index in [1.54, 1.807) is 5.57 Å². The second-order valence-corrected chi connectivity index (χ2v) is 3.59. The molecule has 0 bridgehead atoms. The van der Waals surface area contributed by atoms with Gasteiger partial charge in [-0.15, -0.1) is 0 Å². The van der Waals surface area contributed by atoms with Gasteiger partial charge in [0.25, 0.3) is 0 Å². The van der Waals surface area contributed by atoms with Crippen molar-refractivity contribution in [2.24, 2.45) is 17.8 Å². The van der Waals surface area contributed by atoms with Gasteiger partial charge in [-0.1, -0.05) is 39.3 Å². The van der Waals surface area contributed by atoms with Crippen molar-refractivity contribution in [2.75, 3.05) is 0 Å². The van der Waals surface area contributed by atoms with Crippen LogP contribution in [0.2, 0.25) is 0 Å². The van der Waals surface area contributed by atoms with E-state index in [0.29, 0.717) is 0 Å². The van der Waals surface area contributed by atoms with Crippen LogP contribution in [0, 0.1) is 17.8 Å². The van der Waals surface area contributed by atoms with Crippen molar-refractivity contribution in [3.63, 3.8) is 0 Å². The Balaban J connectivity index is 2.31. The fourth-order valence-corrected chi connectivity index (χ4v) is 1.31. The summed E-state index contributed by atoms with van der Waals surface area (Å²) in [4.78, 5) is 0. The van der Waals surface area contributed by atoms with Crippen LogP contribution in [0.15, 0.2) is 11.6 Å². The summed E-state index contributed by atoms with van der Waals surface area (Å²) in [6.07, 6.45) is 2.40. The van der Waals surface area contributed by atoms with E-state index < -0.39 is 0 Å². The summed E-state index contributed by atoms with van der Waals surface area (Å²) in [5, 5.41) is 0. The molecule has 0 heteroatoms. The third-order valence-electron chi connectivity index (χ3n) is 2.03. The highest BCUT2D eigenvalue weighted by molar-refractivity contribution is 5.31. The van der Waals surface area contributed by atoms with Crippen molar-refractivity contribution >= 4 is 0 Å². The van der Waals surface area contributed by atoms with Gasteiger partial charge in [-0.3, -0.25) is 0 Å². The third kappa shape index (κ3) is 1.35. The number of allylic oxidation sites excluding steroid dienone is 2. The molecule has 1 aliphatic rings. The Labute approximate surface area is 58.0 Å². The molecule has 0 aromatic carbocycles. The van der Waals surface area contributed by atoms with Gasteiger partial charge in [0, 0.05) is 5.92 Å². The Morgan fingerprint density at radius 1 is 1.22 bits per heavy atom. The molecule has 0 amide bonds. The van der Waals surface area contributed by atoms with E-state index in [2.05, 4.69) is 33.8 Å². The zero-order valence-electron chi connectivity index (χ0n) is 6.81. The molecule has 1 rings (SSSR count). The Kier molecular flexibility index (Phi) is 1.65. The zero-order valence-corrected chi connectivity index (χ0v) is 6.81. The van der Waals surface area contributed by atoms with Gasteiger partial charge in [0.2, 0.25) is 0 Å². The average molecular weight is 124 g/mol. The van der Waals surface area contributed by atoms with Crippen molar-refractivity contribution in [2.45, 2.75) is 27.7 Å². The first-order valence-electron chi connectivity index (χ1n) is 3.84. The minimum absolute atomic E-state index is 0.789. The molecular formula is C9H16. The summed E-state index contributed by atoms with van der Waals surface area (Å²) in [6, 6.07) is 0. The van der Waals surface area contributed by atoms with E-state index >= 15 is 0 Å². The van der Waals surface area contributed by atoms with Gasteiger partial charge >= 0.3 is 0 Å². The van der Waals surface area contributed by atoms with E-state index in [0.717, 1.165) is 17.8 Å². The lowest BCUT2D eigenvalue weighted by molar-refractivity contribution is 0.558. The molecule has 0 spiro atoms. The van der Waals surface area contributed by atoms with Gasteiger partial charge < -0.3 is 0 Å². The number of hydrogen-bond acceptors (Lipinski definition) is 0. The van der Waals surface area contributed by atoms with Gasteiger partial charge in [-0.25, -0.2) is 0 Å². The first kappa shape index (κ1) is 6.85. The van der Waals surface area contributed by atoms with Crippen LogP contribution >= 0.6 is 0 Å². The number of hydrogen-bond donors (Lipinski definition) is 0. The largest absolute Gasteiger partial charge is 0.0770 e. The molecule has 52 valence electrons. The molecule has 9 heavy (non-hydrogen) atoms. The van der Waals surface area contributed by atoms with E-state index in [4.69, 9.17) is 0 Å². The second-order valence-electron chi connectivity index (χ2n) is 3.59. The predicted octanol–water partition coefficient (Wildman–Crippen LogP) is 2.85. The van der Waals surface area contributed by atoms with Crippen molar-refractivity contribution in [1.82, 2.24) is 0 Å². The first-order valence-corrected chi connectivity index (χ1v) is 3.84. The van der Waals surface area contributed by atoms with Crippen LogP contribution in [-0.2, 0) is 0 Å². The maximum absolute atomic E-state index is 2.40. The van der Waals surface area contributed by atoms with Gasteiger partial charge in [0.05, 0.1) is 0 Å². The molecule has 0 fully saturated rings. The van der Waals surface area contributed by atoms with Gasteiger partial charge in [-0.2, -0.15) is 0 Å². The van der Waals surface area contributed by atoms with Crippen LogP contribution in [0.1, 0.15) is 27.7 Å². The van der Waals surface area contributed by atoms with Crippen LogP contribution in [0.5, 0.6) is 0 Å². The van der Waals surface area contributed by atoms with Gasteiger partial charge in [0.1, 0.15) is 0 Å². The summed E-state index contributed by atoms with van der Waals surface area (Å²) in [5.41, 5.74) is 1.67. The molecule has 1 unspecified atom stereocenters. The molecule has 0 nitrogen and oxygen atoms in total. The van der Waals surface area contributed by atoms with Crippen molar-refractivity contribution in [3.8, 4) is 0 Å². The molecule has 0 heterocycles. The summed E-state index contributed by atoms with van der Waals surface area (Å²) >= 11 is 0. The molecule has 1 atom stereocenters. The standard InChI is InChI=1S/C9H16/c1-6(2)8-5-9(8)7(3)4/h5-8H,1-4H3. The normalized spacial score (nSPS) is 25.1. The maximum atomic E-state index is 2.40. The van der Waals surface area contributed by atoms with Crippen LogP contribution in [0.3, 0.4) is 0 Å². The smallest absolute Gasteiger partial charge is 0.000553 e. The van der Waals surface area contributed by atoms with Crippen LogP contribution in [0.25, 0.3) is 0 Å². The zero-order chi connectivity index (χ0) is 7.02. The third-order valence-corrected chi connectivity index (χ3v) is 2.03. The van der Waals surface area contributed by atoms with Crippen LogP contribution in [0.4, 0.5) is 0 Å². The Hall–Kier alpha value is -0.260. The van der Waals surface area contributed by atoms with Crippen LogP contribution in [-0.4, -0.2) is 0 Å². The summed E-state index contributed by atoms with van der Waals surface area (Å²) in [5.74, 6) is 2.48. The number of rotatable bonds is 2. The van der Waals surface area contributed by atoms with E-state index in [1.165, 1.54) is 0 Å².